The molecule has 1 saturated heterocycles. The van der Waals surface area contributed by atoms with Gasteiger partial charge in [-0.15, -0.1) is 11.8 Å². The lowest BCUT2D eigenvalue weighted by atomic mass is 10.2. The lowest BCUT2D eigenvalue weighted by molar-refractivity contribution is -0.140. The molecule has 16 heavy (non-hydrogen) atoms. The molecule has 1 N–H and O–H groups in total. The van der Waals surface area contributed by atoms with E-state index in [2.05, 4.69) is 0 Å². The topological polar surface area (TPSA) is 60.9 Å². The van der Waals surface area contributed by atoms with Gasteiger partial charge in [0.15, 0.2) is 0 Å². The van der Waals surface area contributed by atoms with Crippen LogP contribution in [0.1, 0.15) is 20.3 Å². The van der Waals surface area contributed by atoms with E-state index in [0.29, 0.717) is 11.6 Å². The Balaban J connectivity index is 2.69. The highest BCUT2D eigenvalue weighted by molar-refractivity contribution is 7.99. The molecule has 5 nitrogen and oxygen atoms in total. The van der Waals surface area contributed by atoms with Crippen LogP contribution in [0.4, 0.5) is 4.79 Å². The molecule has 1 fully saturated rings. The number of rotatable bonds is 3. The van der Waals surface area contributed by atoms with Crippen molar-refractivity contribution < 1.29 is 14.7 Å². The minimum absolute atomic E-state index is 0.132. The Morgan fingerprint density at radius 1 is 1.62 bits per heavy atom. The van der Waals surface area contributed by atoms with E-state index in [9.17, 15) is 9.59 Å². The first-order chi connectivity index (χ1) is 7.49. The van der Waals surface area contributed by atoms with Gasteiger partial charge in [0.2, 0.25) is 0 Å². The van der Waals surface area contributed by atoms with Crippen molar-refractivity contribution in [1.29, 1.82) is 0 Å². The molecule has 0 aliphatic carbocycles. The SMILES string of the molecule is CCC(C)N(C)C(=O)N1CSC[C@H]1C(=O)O. The number of carboxylic acids is 1. The van der Waals surface area contributed by atoms with Crippen LogP contribution in [0.2, 0.25) is 0 Å². The van der Waals surface area contributed by atoms with Crippen LogP contribution in [-0.4, -0.2) is 57.7 Å². The van der Waals surface area contributed by atoms with E-state index in [0.717, 1.165) is 6.42 Å². The number of urea groups is 1. The molecule has 6 heteroatoms. The van der Waals surface area contributed by atoms with Gasteiger partial charge in [0.05, 0.1) is 5.88 Å². The van der Waals surface area contributed by atoms with E-state index in [1.54, 1.807) is 11.9 Å². The molecule has 92 valence electrons. The molecule has 1 unspecified atom stereocenters. The number of hydrogen-bond acceptors (Lipinski definition) is 3. The number of nitrogens with zero attached hydrogens (tertiary/aromatic N) is 2. The fourth-order valence-corrected chi connectivity index (χ4v) is 2.64. The van der Waals surface area contributed by atoms with Gasteiger partial charge < -0.3 is 14.9 Å². The molecule has 0 aromatic heterocycles. The zero-order valence-electron chi connectivity index (χ0n) is 9.84. The summed E-state index contributed by atoms with van der Waals surface area (Å²) in [5.41, 5.74) is 0. The molecule has 1 aliphatic rings. The molecule has 2 amide bonds. The summed E-state index contributed by atoms with van der Waals surface area (Å²) in [6, 6.07) is -0.733. The summed E-state index contributed by atoms with van der Waals surface area (Å²) in [7, 11) is 1.72. The maximum absolute atomic E-state index is 12.0. The molecule has 1 aliphatic heterocycles. The minimum Gasteiger partial charge on any atom is -0.480 e. The predicted octanol–water partition coefficient (Wildman–Crippen LogP) is 1.30. The molecule has 1 rings (SSSR count). The second-order valence-corrected chi connectivity index (χ2v) is 4.97. The lowest BCUT2D eigenvalue weighted by Crippen LogP contribution is -2.49. The van der Waals surface area contributed by atoms with Gasteiger partial charge in [0.1, 0.15) is 6.04 Å². The van der Waals surface area contributed by atoms with Crippen molar-refractivity contribution in [3.8, 4) is 0 Å². The standard InChI is InChI=1S/C10H18N2O3S/c1-4-7(2)11(3)10(15)12-6-16-5-8(12)9(13)14/h7-8H,4-6H2,1-3H3,(H,13,14)/t7?,8-/m0/s1. The normalized spacial score (nSPS) is 21.9. The lowest BCUT2D eigenvalue weighted by Gasteiger charge is -2.30. The van der Waals surface area contributed by atoms with Crippen molar-refractivity contribution in [3.05, 3.63) is 0 Å². The van der Waals surface area contributed by atoms with Crippen molar-refractivity contribution in [2.24, 2.45) is 0 Å². The predicted molar refractivity (Wildman–Crippen MR) is 63.5 cm³/mol. The molecule has 0 spiro atoms. The van der Waals surface area contributed by atoms with Gasteiger partial charge in [-0.2, -0.15) is 0 Å². The average Bonchev–Trinajstić information content (AvgIpc) is 2.74. The van der Waals surface area contributed by atoms with Crippen LogP contribution in [0.15, 0.2) is 0 Å². The molecule has 1 heterocycles. The molecule has 0 bridgehead atoms. The average molecular weight is 246 g/mol. The number of aliphatic carboxylic acids is 1. The van der Waals surface area contributed by atoms with Crippen LogP contribution >= 0.6 is 11.8 Å². The van der Waals surface area contributed by atoms with Crippen molar-refractivity contribution in [3.63, 3.8) is 0 Å². The van der Waals surface area contributed by atoms with Crippen LogP contribution < -0.4 is 0 Å². The number of carbonyl (C=O) groups is 2. The Labute approximate surface area is 99.8 Å². The van der Waals surface area contributed by atoms with Crippen LogP contribution in [0.25, 0.3) is 0 Å². The van der Waals surface area contributed by atoms with Crippen LogP contribution in [-0.2, 0) is 4.79 Å². The maximum atomic E-state index is 12.0. The second-order valence-electron chi connectivity index (χ2n) is 3.97. The fraction of sp³-hybridized carbons (Fsp3) is 0.800. The molecular formula is C10H18N2O3S. The van der Waals surface area contributed by atoms with Gasteiger partial charge in [-0.05, 0) is 13.3 Å². The Hall–Kier alpha value is -0.910. The van der Waals surface area contributed by atoms with Crippen molar-refractivity contribution in [2.45, 2.75) is 32.4 Å². The van der Waals surface area contributed by atoms with E-state index in [-0.39, 0.29) is 12.1 Å². The molecule has 0 aromatic rings. The number of carboxylic acid groups (broad SMARTS) is 1. The first kappa shape index (κ1) is 13.2. The summed E-state index contributed by atoms with van der Waals surface area (Å²) in [6.07, 6.45) is 0.862. The Kier molecular flexibility index (Phi) is 4.46. The Morgan fingerprint density at radius 2 is 2.25 bits per heavy atom. The zero-order chi connectivity index (χ0) is 12.3. The number of amides is 2. The van der Waals surface area contributed by atoms with Gasteiger partial charge in [0.25, 0.3) is 0 Å². The van der Waals surface area contributed by atoms with E-state index in [1.807, 2.05) is 13.8 Å². The van der Waals surface area contributed by atoms with Gasteiger partial charge >= 0.3 is 12.0 Å². The number of thioether (sulfide) groups is 1. The second kappa shape index (κ2) is 5.43. The summed E-state index contributed by atoms with van der Waals surface area (Å²) in [5.74, 6) is 0.0299. The third-order valence-electron chi connectivity index (χ3n) is 2.97. The van der Waals surface area contributed by atoms with Gasteiger partial charge in [-0.3, -0.25) is 0 Å². The van der Waals surface area contributed by atoms with Gasteiger partial charge in [-0.1, -0.05) is 6.92 Å². The third kappa shape index (κ3) is 2.61. The maximum Gasteiger partial charge on any atom is 0.327 e. The fourth-order valence-electron chi connectivity index (χ4n) is 1.50. The zero-order valence-corrected chi connectivity index (χ0v) is 10.7. The summed E-state index contributed by atoms with van der Waals surface area (Å²) in [6.45, 7) is 3.96. The third-order valence-corrected chi connectivity index (χ3v) is 3.98. The monoisotopic (exact) mass is 246 g/mol. The van der Waals surface area contributed by atoms with Gasteiger partial charge in [-0.25, -0.2) is 9.59 Å². The quantitative estimate of drug-likeness (QED) is 0.815. The van der Waals surface area contributed by atoms with Crippen LogP contribution in [0.5, 0.6) is 0 Å². The first-order valence-corrected chi connectivity index (χ1v) is 6.48. The minimum atomic E-state index is -0.920. The molecular weight excluding hydrogens is 228 g/mol. The van der Waals surface area contributed by atoms with E-state index in [4.69, 9.17) is 5.11 Å². The molecule has 2 atom stereocenters. The van der Waals surface area contributed by atoms with Crippen LogP contribution in [0.3, 0.4) is 0 Å². The Bertz CT molecular complexity index is 285. The van der Waals surface area contributed by atoms with E-state index >= 15 is 0 Å². The summed E-state index contributed by atoms with van der Waals surface area (Å²) >= 11 is 1.48. The highest BCUT2D eigenvalue weighted by atomic mass is 32.2. The molecule has 0 saturated carbocycles. The smallest absolute Gasteiger partial charge is 0.327 e. The Morgan fingerprint density at radius 3 is 2.75 bits per heavy atom. The molecule has 0 aromatic carbocycles. The number of hydrogen-bond donors (Lipinski definition) is 1. The van der Waals surface area contributed by atoms with Crippen molar-refractivity contribution >= 4 is 23.8 Å². The summed E-state index contributed by atoms with van der Waals surface area (Å²) in [5, 5.41) is 8.98. The first-order valence-electron chi connectivity index (χ1n) is 5.33. The van der Waals surface area contributed by atoms with Gasteiger partial charge in [0, 0.05) is 18.8 Å². The van der Waals surface area contributed by atoms with Crippen molar-refractivity contribution in [1.82, 2.24) is 9.80 Å². The largest absolute Gasteiger partial charge is 0.480 e. The van der Waals surface area contributed by atoms with Crippen molar-refractivity contribution in [2.75, 3.05) is 18.7 Å². The summed E-state index contributed by atoms with van der Waals surface area (Å²) < 4.78 is 0. The molecule has 0 radical (unpaired) electrons. The highest BCUT2D eigenvalue weighted by Crippen LogP contribution is 2.22. The highest BCUT2D eigenvalue weighted by Gasteiger charge is 2.36. The van der Waals surface area contributed by atoms with Crippen LogP contribution in [0, 0.1) is 0 Å². The summed E-state index contributed by atoms with van der Waals surface area (Å²) in [4.78, 5) is 26.0. The van der Waals surface area contributed by atoms with E-state index < -0.39 is 12.0 Å². The number of carbonyl (C=O) groups excluding carboxylic acids is 1. The van der Waals surface area contributed by atoms with E-state index in [1.165, 1.54) is 16.7 Å².